The summed E-state index contributed by atoms with van der Waals surface area (Å²) in [7, 11) is 0. The van der Waals surface area contributed by atoms with Gasteiger partial charge in [0.05, 0.1) is 11.8 Å². The third-order valence-corrected chi connectivity index (χ3v) is 6.86. The van der Waals surface area contributed by atoms with E-state index in [9.17, 15) is 9.59 Å². The van der Waals surface area contributed by atoms with E-state index in [1.165, 1.54) is 51.1 Å². The number of amides is 2. The SMILES string of the molecule is CC(NC(=O)c1ccoc1)C(=O)NC1CC(NCC2CCC2)C12CCC2. The van der Waals surface area contributed by atoms with Crippen LogP contribution in [-0.4, -0.2) is 36.5 Å². The topological polar surface area (TPSA) is 83.4 Å². The minimum atomic E-state index is -0.559. The monoisotopic (exact) mass is 359 g/mol. The van der Waals surface area contributed by atoms with E-state index in [-0.39, 0.29) is 23.3 Å². The lowest BCUT2D eigenvalue weighted by Gasteiger charge is -2.62. The predicted molar refractivity (Wildman–Crippen MR) is 97.6 cm³/mol. The highest BCUT2D eigenvalue weighted by Crippen LogP contribution is 2.56. The first kappa shape index (κ1) is 17.6. The smallest absolute Gasteiger partial charge is 0.255 e. The average Bonchev–Trinajstić information content (AvgIpc) is 3.03. The quantitative estimate of drug-likeness (QED) is 0.697. The fourth-order valence-corrected chi connectivity index (χ4v) is 4.60. The maximum Gasteiger partial charge on any atom is 0.255 e. The summed E-state index contributed by atoms with van der Waals surface area (Å²) in [5.41, 5.74) is 0.678. The second-order valence-corrected chi connectivity index (χ2v) is 8.35. The molecule has 0 radical (unpaired) electrons. The average molecular weight is 359 g/mol. The van der Waals surface area contributed by atoms with Crippen LogP contribution in [0.25, 0.3) is 0 Å². The molecule has 3 atom stereocenters. The molecule has 1 aromatic heterocycles. The molecule has 26 heavy (non-hydrogen) atoms. The molecule has 4 rings (SSSR count). The molecule has 2 amide bonds. The Hall–Kier alpha value is -1.82. The third-order valence-electron chi connectivity index (χ3n) is 6.86. The molecule has 3 saturated carbocycles. The zero-order chi connectivity index (χ0) is 18.1. The maximum absolute atomic E-state index is 12.5. The first-order chi connectivity index (χ1) is 12.6. The summed E-state index contributed by atoms with van der Waals surface area (Å²) in [4.78, 5) is 24.6. The van der Waals surface area contributed by atoms with Crippen LogP contribution in [0, 0.1) is 11.3 Å². The Bertz CT molecular complexity index is 649. The van der Waals surface area contributed by atoms with Crippen LogP contribution in [0.2, 0.25) is 0 Å². The van der Waals surface area contributed by atoms with Crippen molar-refractivity contribution in [3.8, 4) is 0 Å². The lowest BCUT2D eigenvalue weighted by Crippen LogP contribution is -2.72. The fourth-order valence-electron chi connectivity index (χ4n) is 4.60. The zero-order valence-electron chi connectivity index (χ0n) is 15.4. The highest BCUT2D eigenvalue weighted by Gasteiger charge is 2.58. The van der Waals surface area contributed by atoms with Crippen molar-refractivity contribution in [3.63, 3.8) is 0 Å². The van der Waals surface area contributed by atoms with Gasteiger partial charge in [0.15, 0.2) is 0 Å². The van der Waals surface area contributed by atoms with Crippen molar-refractivity contribution in [2.24, 2.45) is 11.3 Å². The van der Waals surface area contributed by atoms with Gasteiger partial charge in [0.25, 0.3) is 5.91 Å². The number of nitrogens with one attached hydrogen (secondary N) is 3. The molecule has 0 aromatic carbocycles. The molecule has 0 bridgehead atoms. The standard InChI is InChI=1S/C20H29N3O3/c1-13(22-19(25)15-6-9-26-12-15)18(24)23-17-10-16(20(17)7-3-8-20)21-11-14-4-2-5-14/h6,9,12-14,16-17,21H,2-5,7-8,10-11H2,1H3,(H,22,25)(H,23,24). The van der Waals surface area contributed by atoms with Crippen LogP contribution in [0.15, 0.2) is 23.0 Å². The van der Waals surface area contributed by atoms with Crippen LogP contribution in [0.5, 0.6) is 0 Å². The van der Waals surface area contributed by atoms with Crippen molar-refractivity contribution in [1.29, 1.82) is 0 Å². The van der Waals surface area contributed by atoms with Crippen molar-refractivity contribution in [3.05, 3.63) is 24.2 Å². The van der Waals surface area contributed by atoms with Gasteiger partial charge in [-0.25, -0.2) is 0 Å². The van der Waals surface area contributed by atoms with E-state index in [1.54, 1.807) is 13.0 Å². The Labute approximate surface area is 154 Å². The van der Waals surface area contributed by atoms with Crippen molar-refractivity contribution >= 4 is 11.8 Å². The fraction of sp³-hybridized carbons (Fsp3) is 0.700. The molecule has 6 heteroatoms. The van der Waals surface area contributed by atoms with Crippen LogP contribution in [0.3, 0.4) is 0 Å². The van der Waals surface area contributed by atoms with Crippen molar-refractivity contribution < 1.29 is 14.0 Å². The van der Waals surface area contributed by atoms with Gasteiger partial charge < -0.3 is 20.4 Å². The van der Waals surface area contributed by atoms with Gasteiger partial charge in [-0.2, -0.15) is 0 Å². The van der Waals surface area contributed by atoms with Crippen LogP contribution in [-0.2, 0) is 4.79 Å². The molecular weight excluding hydrogens is 330 g/mol. The first-order valence-corrected chi connectivity index (χ1v) is 9.95. The Morgan fingerprint density at radius 1 is 1.27 bits per heavy atom. The highest BCUT2D eigenvalue weighted by atomic mass is 16.3. The Balaban J connectivity index is 1.26. The summed E-state index contributed by atoms with van der Waals surface area (Å²) >= 11 is 0. The lowest BCUT2D eigenvalue weighted by atomic mass is 9.49. The summed E-state index contributed by atoms with van der Waals surface area (Å²) in [6.07, 6.45) is 11.6. The van der Waals surface area contributed by atoms with E-state index in [2.05, 4.69) is 16.0 Å². The second-order valence-electron chi connectivity index (χ2n) is 8.35. The summed E-state index contributed by atoms with van der Waals surface area (Å²) in [5, 5.41) is 9.69. The molecule has 3 aliphatic carbocycles. The number of carbonyl (C=O) groups excluding carboxylic acids is 2. The van der Waals surface area contributed by atoms with Gasteiger partial charge in [0.2, 0.25) is 5.91 Å². The van der Waals surface area contributed by atoms with E-state index >= 15 is 0 Å². The molecule has 3 aliphatic rings. The number of rotatable bonds is 7. The van der Waals surface area contributed by atoms with Gasteiger partial charge in [-0.3, -0.25) is 9.59 Å². The van der Waals surface area contributed by atoms with E-state index in [4.69, 9.17) is 4.42 Å². The molecule has 3 unspecified atom stereocenters. The third kappa shape index (κ3) is 3.15. The molecule has 1 heterocycles. The Morgan fingerprint density at radius 3 is 2.65 bits per heavy atom. The van der Waals surface area contributed by atoms with E-state index in [1.807, 2.05) is 0 Å². The molecular formula is C20H29N3O3. The Kier molecular flexibility index (Phi) is 4.78. The number of carbonyl (C=O) groups is 2. The first-order valence-electron chi connectivity index (χ1n) is 9.95. The minimum absolute atomic E-state index is 0.101. The molecule has 6 nitrogen and oxygen atoms in total. The number of hydrogen-bond donors (Lipinski definition) is 3. The van der Waals surface area contributed by atoms with Crippen LogP contribution < -0.4 is 16.0 Å². The predicted octanol–water partition coefficient (Wildman–Crippen LogP) is 2.21. The molecule has 3 fully saturated rings. The molecule has 0 aliphatic heterocycles. The van der Waals surface area contributed by atoms with Crippen molar-refractivity contribution in [1.82, 2.24) is 16.0 Å². The van der Waals surface area contributed by atoms with Crippen LogP contribution >= 0.6 is 0 Å². The van der Waals surface area contributed by atoms with Gasteiger partial charge in [-0.05, 0) is 57.6 Å². The summed E-state index contributed by atoms with van der Waals surface area (Å²) < 4.78 is 4.91. The van der Waals surface area contributed by atoms with Crippen LogP contribution in [0.1, 0.15) is 62.2 Å². The molecule has 142 valence electrons. The van der Waals surface area contributed by atoms with Crippen molar-refractivity contribution in [2.75, 3.05) is 6.54 Å². The minimum Gasteiger partial charge on any atom is -0.472 e. The highest BCUT2D eigenvalue weighted by molar-refractivity contribution is 5.97. The van der Waals surface area contributed by atoms with Crippen molar-refractivity contribution in [2.45, 2.75) is 70.0 Å². The second kappa shape index (κ2) is 7.06. The number of furan rings is 1. The summed E-state index contributed by atoms with van der Waals surface area (Å²) in [6.45, 7) is 2.86. The largest absolute Gasteiger partial charge is 0.472 e. The number of hydrogen-bond acceptors (Lipinski definition) is 4. The molecule has 0 saturated heterocycles. The van der Waals surface area contributed by atoms with Crippen LogP contribution in [0.4, 0.5) is 0 Å². The molecule has 1 aromatic rings. The maximum atomic E-state index is 12.5. The van der Waals surface area contributed by atoms with Gasteiger partial charge in [0.1, 0.15) is 12.3 Å². The molecule has 3 N–H and O–H groups in total. The summed E-state index contributed by atoms with van der Waals surface area (Å²) in [5.74, 6) is 0.475. The normalized spacial score (nSPS) is 27.7. The van der Waals surface area contributed by atoms with Gasteiger partial charge in [-0.15, -0.1) is 0 Å². The van der Waals surface area contributed by atoms with Gasteiger partial charge >= 0.3 is 0 Å². The molecule has 1 spiro atoms. The van der Waals surface area contributed by atoms with E-state index in [0.717, 1.165) is 18.9 Å². The Morgan fingerprint density at radius 2 is 2.08 bits per heavy atom. The summed E-state index contributed by atoms with van der Waals surface area (Å²) in [6, 6.07) is 1.80. The van der Waals surface area contributed by atoms with Gasteiger partial charge in [0, 0.05) is 17.5 Å². The zero-order valence-corrected chi connectivity index (χ0v) is 15.4. The van der Waals surface area contributed by atoms with Gasteiger partial charge in [-0.1, -0.05) is 12.8 Å². The van der Waals surface area contributed by atoms with E-state index < -0.39 is 6.04 Å². The van der Waals surface area contributed by atoms with E-state index in [0.29, 0.717) is 11.6 Å². The lowest BCUT2D eigenvalue weighted by molar-refractivity contribution is -0.130.